The summed E-state index contributed by atoms with van der Waals surface area (Å²) in [5, 5.41) is -0.679. The standard InChI is InChI=1S/C13H22O6S/c1-4-18-11(14)13(12(15)19-5-2)8-7-10(9-13)20(16,17)6-3/h10H,4-9H2,1-3H3/t10-/m1/s1. The molecular formula is C13H22O6S. The molecule has 1 rings (SSSR count). The first-order chi connectivity index (χ1) is 9.34. The molecule has 6 nitrogen and oxygen atoms in total. The van der Waals surface area contributed by atoms with Crippen LogP contribution in [0.1, 0.15) is 40.0 Å². The number of esters is 2. The van der Waals surface area contributed by atoms with Crippen molar-refractivity contribution in [2.24, 2.45) is 5.41 Å². The van der Waals surface area contributed by atoms with Crippen LogP contribution in [0.2, 0.25) is 0 Å². The Morgan fingerprint density at radius 2 is 1.60 bits per heavy atom. The van der Waals surface area contributed by atoms with E-state index in [0.29, 0.717) is 0 Å². The van der Waals surface area contributed by atoms with Crippen LogP contribution < -0.4 is 0 Å². The van der Waals surface area contributed by atoms with Gasteiger partial charge in [-0.1, -0.05) is 6.92 Å². The molecule has 0 aromatic rings. The van der Waals surface area contributed by atoms with E-state index in [0.717, 1.165) is 0 Å². The maximum Gasteiger partial charge on any atom is 0.323 e. The third-order valence-corrected chi connectivity index (χ3v) is 5.93. The molecule has 7 heteroatoms. The highest BCUT2D eigenvalue weighted by molar-refractivity contribution is 7.92. The maximum atomic E-state index is 12.1. The monoisotopic (exact) mass is 306 g/mol. The highest BCUT2D eigenvalue weighted by Gasteiger charge is 2.56. The van der Waals surface area contributed by atoms with Gasteiger partial charge < -0.3 is 9.47 Å². The fraction of sp³-hybridized carbons (Fsp3) is 0.846. The fourth-order valence-electron chi connectivity index (χ4n) is 2.54. The predicted octanol–water partition coefficient (Wildman–Crippen LogP) is 1.09. The van der Waals surface area contributed by atoms with Crippen molar-refractivity contribution in [2.75, 3.05) is 19.0 Å². The Bertz CT molecular complexity index is 449. The predicted molar refractivity (Wildman–Crippen MR) is 72.8 cm³/mol. The van der Waals surface area contributed by atoms with Gasteiger partial charge in [0.05, 0.1) is 18.5 Å². The first-order valence-corrected chi connectivity index (χ1v) is 8.61. The van der Waals surface area contributed by atoms with Crippen LogP contribution in [0.4, 0.5) is 0 Å². The lowest BCUT2D eigenvalue weighted by molar-refractivity contribution is -0.171. The van der Waals surface area contributed by atoms with Gasteiger partial charge in [0, 0.05) is 5.75 Å². The van der Waals surface area contributed by atoms with Crippen LogP contribution in [0.3, 0.4) is 0 Å². The van der Waals surface area contributed by atoms with Gasteiger partial charge in [0.25, 0.3) is 0 Å². The molecular weight excluding hydrogens is 284 g/mol. The van der Waals surface area contributed by atoms with Gasteiger partial charge in [-0.05, 0) is 33.1 Å². The number of carbonyl (C=O) groups is 2. The molecule has 0 aromatic heterocycles. The summed E-state index contributed by atoms with van der Waals surface area (Å²) in [6.45, 7) is 5.14. The smallest absolute Gasteiger partial charge is 0.323 e. The molecule has 0 amide bonds. The number of carbonyl (C=O) groups excluding carboxylic acids is 2. The molecule has 20 heavy (non-hydrogen) atoms. The summed E-state index contributed by atoms with van der Waals surface area (Å²) in [4.78, 5) is 24.3. The Labute approximate surface area is 119 Å². The zero-order chi connectivity index (χ0) is 15.4. The molecule has 0 unspecified atom stereocenters. The molecule has 0 bridgehead atoms. The molecule has 0 heterocycles. The molecule has 0 saturated heterocycles. The van der Waals surface area contributed by atoms with Crippen LogP contribution >= 0.6 is 0 Å². The molecule has 1 aliphatic carbocycles. The van der Waals surface area contributed by atoms with Gasteiger partial charge in [-0.2, -0.15) is 0 Å². The molecule has 0 aromatic carbocycles. The van der Waals surface area contributed by atoms with Crippen LogP contribution in [0.15, 0.2) is 0 Å². The fourth-order valence-corrected chi connectivity index (χ4v) is 4.02. The van der Waals surface area contributed by atoms with Gasteiger partial charge in [-0.3, -0.25) is 9.59 Å². The molecule has 116 valence electrons. The van der Waals surface area contributed by atoms with Crippen molar-refractivity contribution in [3.8, 4) is 0 Å². The normalized spacial score (nSPS) is 21.4. The lowest BCUT2D eigenvalue weighted by atomic mass is 9.86. The minimum atomic E-state index is -3.28. The number of hydrogen-bond acceptors (Lipinski definition) is 6. The van der Waals surface area contributed by atoms with E-state index in [-0.39, 0.29) is 38.2 Å². The second kappa shape index (κ2) is 6.56. The third-order valence-electron chi connectivity index (χ3n) is 3.71. The number of ether oxygens (including phenoxy) is 2. The van der Waals surface area contributed by atoms with Crippen molar-refractivity contribution in [2.45, 2.75) is 45.3 Å². The molecule has 0 radical (unpaired) electrons. The zero-order valence-electron chi connectivity index (χ0n) is 12.2. The number of rotatable bonds is 6. The van der Waals surface area contributed by atoms with Crippen molar-refractivity contribution >= 4 is 21.8 Å². The largest absolute Gasteiger partial charge is 0.465 e. The summed E-state index contributed by atoms with van der Waals surface area (Å²) in [6, 6.07) is 0. The van der Waals surface area contributed by atoms with Crippen LogP contribution in [0, 0.1) is 5.41 Å². The highest BCUT2D eigenvalue weighted by Crippen LogP contribution is 2.43. The minimum Gasteiger partial charge on any atom is -0.465 e. The molecule has 1 atom stereocenters. The van der Waals surface area contributed by atoms with Crippen LogP contribution in [-0.4, -0.2) is 44.6 Å². The number of sulfone groups is 1. The Balaban J connectivity index is 3.04. The van der Waals surface area contributed by atoms with E-state index in [2.05, 4.69) is 0 Å². The van der Waals surface area contributed by atoms with Gasteiger partial charge >= 0.3 is 11.9 Å². The van der Waals surface area contributed by atoms with Gasteiger partial charge in [-0.25, -0.2) is 8.42 Å². The third kappa shape index (κ3) is 3.13. The summed E-state index contributed by atoms with van der Waals surface area (Å²) in [7, 11) is -3.28. The molecule has 1 saturated carbocycles. The van der Waals surface area contributed by atoms with Crippen molar-refractivity contribution in [3.63, 3.8) is 0 Å². The van der Waals surface area contributed by atoms with E-state index in [1.807, 2.05) is 0 Å². The van der Waals surface area contributed by atoms with Crippen LogP contribution in [-0.2, 0) is 28.9 Å². The minimum absolute atomic E-state index is 0.000598. The van der Waals surface area contributed by atoms with E-state index in [9.17, 15) is 18.0 Å². The number of hydrogen-bond donors (Lipinski definition) is 0. The topological polar surface area (TPSA) is 86.7 Å². The second-order valence-electron chi connectivity index (χ2n) is 4.84. The van der Waals surface area contributed by atoms with Gasteiger partial charge in [0.15, 0.2) is 15.3 Å². The lowest BCUT2D eigenvalue weighted by Crippen LogP contribution is -2.41. The van der Waals surface area contributed by atoms with Gasteiger partial charge in [-0.15, -0.1) is 0 Å². The zero-order valence-corrected chi connectivity index (χ0v) is 13.0. The van der Waals surface area contributed by atoms with Crippen molar-refractivity contribution in [1.29, 1.82) is 0 Å². The summed E-state index contributed by atoms with van der Waals surface area (Å²) in [5.41, 5.74) is -1.46. The summed E-state index contributed by atoms with van der Waals surface area (Å²) >= 11 is 0. The van der Waals surface area contributed by atoms with Gasteiger partial charge in [0.2, 0.25) is 0 Å². The van der Waals surface area contributed by atoms with Crippen molar-refractivity contribution in [3.05, 3.63) is 0 Å². The Morgan fingerprint density at radius 1 is 1.10 bits per heavy atom. The average molecular weight is 306 g/mol. The first kappa shape index (κ1) is 16.9. The summed E-state index contributed by atoms with van der Waals surface area (Å²) < 4.78 is 33.8. The molecule has 1 fully saturated rings. The Kier molecular flexibility index (Phi) is 5.56. The molecule has 0 aliphatic heterocycles. The first-order valence-electron chi connectivity index (χ1n) is 6.90. The SMILES string of the molecule is CCOC(=O)C1(C(=O)OCC)CC[C@@H](S(=O)(=O)CC)C1. The van der Waals surface area contributed by atoms with Crippen molar-refractivity contribution in [1.82, 2.24) is 0 Å². The second-order valence-corrected chi connectivity index (χ2v) is 7.41. The highest BCUT2D eigenvalue weighted by atomic mass is 32.2. The summed E-state index contributed by atoms with van der Waals surface area (Å²) in [6.07, 6.45) is 0.406. The van der Waals surface area contributed by atoms with E-state index < -0.39 is 32.4 Å². The maximum absolute atomic E-state index is 12.1. The quantitative estimate of drug-likeness (QED) is 0.539. The van der Waals surface area contributed by atoms with E-state index in [1.165, 1.54) is 0 Å². The molecule has 0 N–H and O–H groups in total. The van der Waals surface area contributed by atoms with E-state index in [1.54, 1.807) is 20.8 Å². The Morgan fingerprint density at radius 3 is 2.00 bits per heavy atom. The van der Waals surface area contributed by atoms with Gasteiger partial charge in [0.1, 0.15) is 0 Å². The van der Waals surface area contributed by atoms with E-state index in [4.69, 9.17) is 9.47 Å². The Hall–Kier alpha value is -1.11. The van der Waals surface area contributed by atoms with E-state index >= 15 is 0 Å². The van der Waals surface area contributed by atoms with Crippen molar-refractivity contribution < 1.29 is 27.5 Å². The van der Waals surface area contributed by atoms with Crippen LogP contribution in [0.5, 0.6) is 0 Å². The average Bonchev–Trinajstić information content (AvgIpc) is 2.86. The molecule has 0 spiro atoms. The lowest BCUT2D eigenvalue weighted by Gasteiger charge is -2.24. The molecule has 1 aliphatic rings. The summed E-state index contributed by atoms with van der Waals surface area (Å²) in [5.74, 6) is -1.35. The van der Waals surface area contributed by atoms with Crippen LogP contribution in [0.25, 0.3) is 0 Å².